The fourth-order valence-corrected chi connectivity index (χ4v) is 3.29. The average molecular weight is 248 g/mol. The van der Waals surface area contributed by atoms with Crippen LogP contribution in [-0.2, 0) is 19.1 Å². The Kier molecular flexibility index (Phi) is 2.22. The molecular weight excluding hydrogens is 232 g/mol. The van der Waals surface area contributed by atoms with Crippen LogP contribution in [0, 0.1) is 17.3 Å². The van der Waals surface area contributed by atoms with Crippen molar-refractivity contribution in [2.75, 3.05) is 0 Å². The van der Waals surface area contributed by atoms with Gasteiger partial charge in [0, 0.05) is 16.9 Å². The second-order valence-corrected chi connectivity index (χ2v) is 5.76. The zero-order valence-electron chi connectivity index (χ0n) is 10.5. The molecule has 4 aliphatic rings. The largest absolute Gasteiger partial charge is 0.457 e. The van der Waals surface area contributed by atoms with E-state index < -0.39 is 5.97 Å². The minimum absolute atomic E-state index is 0.0576. The maximum atomic E-state index is 11.7. The smallest absolute Gasteiger partial charge is 0.333 e. The normalized spacial score (nSPS) is 43.8. The molecule has 18 heavy (non-hydrogen) atoms. The molecular formula is C14H16O4. The summed E-state index contributed by atoms with van der Waals surface area (Å²) in [6.45, 7) is 7.21. The first-order chi connectivity index (χ1) is 8.42. The third-order valence-corrected chi connectivity index (χ3v) is 4.29. The molecule has 0 radical (unpaired) electrons. The van der Waals surface area contributed by atoms with Crippen LogP contribution in [0.3, 0.4) is 0 Å². The van der Waals surface area contributed by atoms with Crippen molar-refractivity contribution < 1.29 is 19.1 Å². The van der Waals surface area contributed by atoms with Gasteiger partial charge in [0.2, 0.25) is 0 Å². The Balaban J connectivity index is 1.92. The summed E-state index contributed by atoms with van der Waals surface area (Å²) in [7, 11) is 0. The van der Waals surface area contributed by atoms with E-state index >= 15 is 0 Å². The summed E-state index contributed by atoms with van der Waals surface area (Å²) in [6, 6.07) is 0. The molecule has 0 spiro atoms. The maximum Gasteiger partial charge on any atom is 0.333 e. The van der Waals surface area contributed by atoms with Crippen molar-refractivity contribution >= 4 is 11.9 Å². The zero-order chi connectivity index (χ0) is 13.1. The number of esters is 2. The van der Waals surface area contributed by atoms with Crippen LogP contribution in [0.15, 0.2) is 24.3 Å². The number of rotatable bonds is 2. The summed E-state index contributed by atoms with van der Waals surface area (Å²) < 4.78 is 10.9. The molecule has 0 aromatic carbocycles. The second kappa shape index (κ2) is 3.46. The molecule has 0 unspecified atom stereocenters. The van der Waals surface area contributed by atoms with E-state index in [1.807, 2.05) is 13.0 Å². The van der Waals surface area contributed by atoms with Gasteiger partial charge in [-0.1, -0.05) is 25.7 Å². The Morgan fingerprint density at radius 2 is 2.33 bits per heavy atom. The topological polar surface area (TPSA) is 52.6 Å². The van der Waals surface area contributed by atoms with Crippen molar-refractivity contribution in [2.45, 2.75) is 32.5 Å². The van der Waals surface area contributed by atoms with Gasteiger partial charge in [-0.25, -0.2) is 4.79 Å². The Morgan fingerprint density at radius 1 is 1.61 bits per heavy atom. The zero-order valence-corrected chi connectivity index (χ0v) is 10.5. The third-order valence-electron chi connectivity index (χ3n) is 4.29. The number of carbonyl (C=O) groups is 2. The van der Waals surface area contributed by atoms with Crippen LogP contribution >= 0.6 is 0 Å². The lowest BCUT2D eigenvalue weighted by Crippen LogP contribution is -2.53. The van der Waals surface area contributed by atoms with Crippen LogP contribution in [0.5, 0.6) is 0 Å². The first-order valence-electron chi connectivity index (χ1n) is 6.19. The molecule has 1 aliphatic heterocycles. The van der Waals surface area contributed by atoms with Crippen LogP contribution in [0.25, 0.3) is 0 Å². The van der Waals surface area contributed by atoms with Gasteiger partial charge >= 0.3 is 11.9 Å². The highest BCUT2D eigenvalue weighted by atomic mass is 16.6. The van der Waals surface area contributed by atoms with Gasteiger partial charge in [-0.05, 0) is 13.3 Å². The Bertz CT molecular complexity index is 478. The monoisotopic (exact) mass is 248 g/mol. The van der Waals surface area contributed by atoms with Crippen molar-refractivity contribution in [2.24, 2.45) is 17.3 Å². The molecule has 0 aromatic rings. The molecule has 0 N–H and O–H groups in total. The molecule has 1 heterocycles. The third kappa shape index (κ3) is 1.38. The molecule has 0 amide bonds. The van der Waals surface area contributed by atoms with E-state index in [1.54, 1.807) is 6.92 Å². The van der Waals surface area contributed by atoms with E-state index in [4.69, 9.17) is 9.47 Å². The first kappa shape index (κ1) is 11.5. The molecule has 4 nitrogen and oxygen atoms in total. The summed E-state index contributed by atoms with van der Waals surface area (Å²) in [5.41, 5.74) is 0.0614. The van der Waals surface area contributed by atoms with Gasteiger partial charge in [0.25, 0.3) is 0 Å². The van der Waals surface area contributed by atoms with Gasteiger partial charge in [-0.15, -0.1) is 0 Å². The lowest BCUT2D eigenvalue weighted by Gasteiger charge is -2.47. The van der Waals surface area contributed by atoms with Gasteiger partial charge in [-0.3, -0.25) is 4.79 Å². The molecule has 1 saturated carbocycles. The van der Waals surface area contributed by atoms with Crippen molar-refractivity contribution in [3.63, 3.8) is 0 Å². The van der Waals surface area contributed by atoms with E-state index in [-0.39, 0.29) is 35.4 Å². The van der Waals surface area contributed by atoms with Crippen LogP contribution in [0.2, 0.25) is 0 Å². The fourth-order valence-electron chi connectivity index (χ4n) is 3.29. The van der Waals surface area contributed by atoms with Gasteiger partial charge in [0.1, 0.15) is 12.2 Å². The predicted molar refractivity (Wildman–Crippen MR) is 63.4 cm³/mol. The predicted octanol–water partition coefficient (Wildman–Crippen LogP) is 1.61. The van der Waals surface area contributed by atoms with Crippen molar-refractivity contribution in [3.05, 3.63) is 24.3 Å². The second-order valence-electron chi connectivity index (χ2n) is 5.76. The minimum atomic E-state index is -0.415. The molecule has 0 aromatic heterocycles. The van der Waals surface area contributed by atoms with Crippen LogP contribution in [0.4, 0.5) is 0 Å². The lowest BCUT2D eigenvalue weighted by atomic mass is 9.60. The molecule has 4 bridgehead atoms. The minimum Gasteiger partial charge on any atom is -0.457 e. The molecule has 2 fully saturated rings. The van der Waals surface area contributed by atoms with Crippen LogP contribution in [0.1, 0.15) is 20.3 Å². The van der Waals surface area contributed by atoms with Gasteiger partial charge in [0.15, 0.2) is 0 Å². The number of hydrogen-bond donors (Lipinski definition) is 0. The lowest BCUT2D eigenvalue weighted by molar-refractivity contribution is -0.167. The highest BCUT2D eigenvalue weighted by Crippen LogP contribution is 2.54. The van der Waals surface area contributed by atoms with Crippen LogP contribution in [-0.4, -0.2) is 24.1 Å². The molecule has 5 atom stereocenters. The Labute approximate surface area is 106 Å². The summed E-state index contributed by atoms with van der Waals surface area (Å²) in [6.07, 6.45) is 4.07. The number of ether oxygens (including phenoxy) is 2. The average Bonchev–Trinajstić information content (AvgIpc) is 2.57. The highest BCUT2D eigenvalue weighted by Gasteiger charge is 2.62. The first-order valence-corrected chi connectivity index (χ1v) is 6.19. The van der Waals surface area contributed by atoms with Crippen LogP contribution < -0.4 is 0 Å². The number of carbonyl (C=O) groups excluding carboxylic acids is 2. The van der Waals surface area contributed by atoms with E-state index in [1.165, 1.54) is 0 Å². The standard InChI is InChI=1S/C14H16O4/c1-7(2)12(15)18-11-10-8-4-5-14(11,3)6-9(8)13(16)17-10/h4-5,8-11H,1,6H2,2-3H3/t8-,9-,10-,11-,14+/m0/s1. The van der Waals surface area contributed by atoms with Crippen molar-refractivity contribution in [3.8, 4) is 0 Å². The maximum absolute atomic E-state index is 11.7. The summed E-state index contributed by atoms with van der Waals surface area (Å²) >= 11 is 0. The summed E-state index contributed by atoms with van der Waals surface area (Å²) in [4.78, 5) is 23.4. The van der Waals surface area contributed by atoms with E-state index in [0.29, 0.717) is 12.0 Å². The summed E-state index contributed by atoms with van der Waals surface area (Å²) in [5.74, 6) is -0.580. The van der Waals surface area contributed by atoms with Gasteiger partial charge in [-0.2, -0.15) is 0 Å². The van der Waals surface area contributed by atoms with Crippen molar-refractivity contribution in [1.29, 1.82) is 0 Å². The van der Waals surface area contributed by atoms with E-state index in [0.717, 1.165) is 0 Å². The van der Waals surface area contributed by atoms with E-state index in [9.17, 15) is 9.59 Å². The quantitative estimate of drug-likeness (QED) is 0.423. The van der Waals surface area contributed by atoms with Crippen molar-refractivity contribution in [1.82, 2.24) is 0 Å². The molecule has 96 valence electrons. The summed E-state index contributed by atoms with van der Waals surface area (Å²) in [5, 5.41) is 0. The molecule has 3 aliphatic carbocycles. The SMILES string of the molecule is C=C(C)C(=O)O[C@H]1[C@H]2OC(=O)[C@H]3C[C@@]1(C)C=C[C@H]23. The fraction of sp³-hybridized carbons (Fsp3) is 0.571. The Hall–Kier alpha value is -1.58. The molecule has 4 heteroatoms. The highest BCUT2D eigenvalue weighted by molar-refractivity contribution is 5.87. The van der Waals surface area contributed by atoms with Gasteiger partial charge in [0.05, 0.1) is 5.92 Å². The van der Waals surface area contributed by atoms with Gasteiger partial charge < -0.3 is 9.47 Å². The molecule has 4 rings (SSSR count). The number of hydrogen-bond acceptors (Lipinski definition) is 4. The Morgan fingerprint density at radius 3 is 3.00 bits per heavy atom. The molecule has 1 saturated heterocycles. The van der Waals surface area contributed by atoms with E-state index in [2.05, 4.69) is 12.7 Å².